The summed E-state index contributed by atoms with van der Waals surface area (Å²) in [5.41, 5.74) is 7.24. The summed E-state index contributed by atoms with van der Waals surface area (Å²) in [5, 5.41) is 23.2. The number of rotatable bonds is 22. The van der Waals surface area contributed by atoms with Gasteiger partial charge in [-0.3, -0.25) is 29.7 Å². The maximum absolute atomic E-state index is 10.6. The Morgan fingerprint density at radius 3 is 0.950 bits per heavy atom. The Morgan fingerprint density at radius 1 is 0.400 bits per heavy atom. The molecule has 4 N–H and O–H groups in total. The number of aromatic nitrogens is 6. The van der Waals surface area contributed by atoms with Gasteiger partial charge in [0.1, 0.15) is 22.5 Å². The van der Waals surface area contributed by atoms with Crippen LogP contribution in [0, 0.1) is 20.5 Å². The van der Waals surface area contributed by atoms with Crippen LogP contribution in [-0.2, 0) is 87.8 Å². The van der Waals surface area contributed by atoms with Crippen LogP contribution in [0.4, 0.5) is 0 Å². The van der Waals surface area contributed by atoms with Crippen LogP contribution in [0.1, 0.15) is 59.8 Å². The number of fused-ring (bicyclic) bond motifs is 2. The van der Waals surface area contributed by atoms with Crippen LogP contribution < -0.4 is 57.0 Å². The number of carbonyl (C=O) groups excluding carboxylic acids is 2. The number of nitrogens with zero attached hydrogens (tertiary/aromatic N) is 8. The third-order valence-electron chi connectivity index (χ3n) is 10.3. The summed E-state index contributed by atoms with van der Waals surface area (Å²) in [6, 6.07) is 43.2. The number of ether oxygens (including phenoxy) is 2. The van der Waals surface area contributed by atoms with E-state index in [0.717, 1.165) is 56.0 Å². The number of hydrogen-bond acceptors (Lipinski definition) is 22. The smallest absolute Gasteiger partial charge is 0.550 e. The molecule has 0 saturated carbocycles. The first-order valence-electron chi connectivity index (χ1n) is 23.0. The van der Waals surface area contributed by atoms with Crippen molar-refractivity contribution in [3.05, 3.63) is 192 Å². The average molecular weight is 1250 g/mol. The first-order chi connectivity index (χ1) is 36.3. The van der Waals surface area contributed by atoms with Crippen molar-refractivity contribution in [2.24, 2.45) is 0 Å². The largest absolute Gasteiger partial charge is 2.00 e. The molecule has 28 heteroatoms. The Hall–Kier alpha value is -6.25. The van der Waals surface area contributed by atoms with Crippen molar-refractivity contribution in [1.82, 2.24) is 39.7 Å². The van der Waals surface area contributed by atoms with E-state index < -0.39 is 32.4 Å². The summed E-state index contributed by atoms with van der Waals surface area (Å²) in [4.78, 5) is 53.4. The predicted octanol–water partition coefficient (Wildman–Crippen LogP) is -4.89. The Bertz CT molecular complexity index is 2710. The number of pyridine rings is 6. The zero-order valence-electron chi connectivity index (χ0n) is 43.0. The Balaban J connectivity index is 0.000000655. The number of hydrogen-bond donors (Lipinski definition) is 0. The molecule has 2 aromatic carbocycles. The van der Waals surface area contributed by atoms with Crippen molar-refractivity contribution < 1.29 is 137 Å². The second-order valence-corrected chi connectivity index (χ2v) is 17.8. The molecule has 6 heterocycles. The fourth-order valence-electron chi connectivity index (χ4n) is 7.20. The second-order valence-electron chi connectivity index (χ2n) is 16.2. The van der Waals surface area contributed by atoms with E-state index in [-0.39, 0.29) is 62.7 Å². The molecule has 0 aliphatic heterocycles. The first-order valence-corrected chi connectivity index (χ1v) is 25.5. The molecule has 0 aliphatic carbocycles. The van der Waals surface area contributed by atoms with Gasteiger partial charge in [-0.2, -0.15) is 0 Å². The van der Waals surface area contributed by atoms with E-state index in [1.54, 1.807) is 24.8 Å². The minimum absolute atomic E-state index is 0. The van der Waals surface area contributed by atoms with Gasteiger partial charge >= 0.3 is 39.0 Å². The molecule has 0 aliphatic rings. The molecular formula is C52H54Cl2N8O16Zn2. The summed E-state index contributed by atoms with van der Waals surface area (Å²) in [6.45, 7) is 4.48. The number of carbonyl (C=O) groups is 2. The van der Waals surface area contributed by atoms with Gasteiger partial charge in [-0.05, 0) is 98.5 Å². The molecule has 0 unspecified atom stereocenters. The van der Waals surface area contributed by atoms with Crippen molar-refractivity contribution in [3.8, 4) is 11.5 Å². The van der Waals surface area contributed by atoms with Gasteiger partial charge in [0.15, 0.2) is 0 Å². The molecule has 0 atom stereocenters. The van der Waals surface area contributed by atoms with Crippen molar-refractivity contribution in [2.75, 3.05) is 13.2 Å². The van der Waals surface area contributed by atoms with E-state index in [9.17, 15) is 19.8 Å². The van der Waals surface area contributed by atoms with E-state index >= 15 is 0 Å². The Labute approximate surface area is 489 Å². The van der Waals surface area contributed by atoms with Gasteiger partial charge in [-0.25, -0.2) is 47.2 Å². The summed E-state index contributed by atoms with van der Waals surface area (Å²) >= 11 is 0. The van der Waals surface area contributed by atoms with Crippen LogP contribution in [0.5, 0.6) is 11.5 Å². The summed E-state index contributed by atoms with van der Waals surface area (Å²) in [7, 11) is -9.89. The van der Waals surface area contributed by atoms with Gasteiger partial charge in [0.2, 0.25) is 0 Å². The van der Waals surface area contributed by atoms with E-state index in [1.165, 1.54) is 0 Å². The van der Waals surface area contributed by atoms with Gasteiger partial charge in [0.05, 0.1) is 47.4 Å². The van der Waals surface area contributed by atoms with E-state index in [1.807, 2.05) is 133 Å². The second kappa shape index (κ2) is 37.6. The molecular weight excluding hydrogens is 1190 g/mol. The molecule has 0 amide bonds. The number of benzene rings is 2. The van der Waals surface area contributed by atoms with Gasteiger partial charge in [-0.15, -0.1) is 20.5 Å². The molecule has 8 aromatic rings. The molecule has 416 valence electrons. The summed E-state index contributed by atoms with van der Waals surface area (Å²) < 4.78 is 79.6. The van der Waals surface area contributed by atoms with Gasteiger partial charge in [-0.1, -0.05) is 60.7 Å². The maximum Gasteiger partial charge on any atom is 2.00 e. The monoisotopic (exact) mass is 1240 g/mol. The minimum Gasteiger partial charge on any atom is -0.550 e. The molecule has 24 nitrogen and oxygen atoms in total. The van der Waals surface area contributed by atoms with Crippen molar-refractivity contribution in [3.63, 3.8) is 0 Å². The average Bonchev–Trinajstić information content (AvgIpc) is 3.37. The Kier molecular flexibility index (Phi) is 33.8. The number of carboxylic acid groups (broad SMARTS) is 2. The first kappa shape index (κ1) is 71.8. The fraction of sp³-hybridized carbons (Fsp3) is 0.231. The number of halogens is 2. The minimum atomic E-state index is -4.94. The molecule has 0 spiro atoms. The Morgan fingerprint density at radius 2 is 0.688 bits per heavy atom. The molecule has 6 aromatic heterocycles. The quantitative estimate of drug-likeness (QED) is 0.0453. The molecule has 0 fully saturated rings. The summed E-state index contributed by atoms with van der Waals surface area (Å²) in [6.07, 6.45) is 7.91. The third-order valence-corrected chi connectivity index (χ3v) is 10.3. The van der Waals surface area contributed by atoms with Crippen molar-refractivity contribution in [1.29, 1.82) is 0 Å². The van der Waals surface area contributed by atoms with Crippen LogP contribution in [0.25, 0.3) is 21.8 Å². The number of aliphatic carboxylic acids is 2. The van der Waals surface area contributed by atoms with Crippen LogP contribution >= 0.6 is 0 Å². The number of carboxylic acids is 2. The molecule has 8 rings (SSSR count). The molecule has 0 saturated heterocycles. The standard InChI is InChI=1S/2C26H26N4O3.2ClHO4.2H2O.2Zn/c2*31-25(32)11-6-16-33-24-10-5-7-20-12-13-23(29-26(20)24)19-30(17-21-8-1-3-14-27-21)18-22-9-2-4-15-28-22;2*2-1(3,4)5;;;;/h2*1-5,7-10,12-15H,6,11,16-19H2,(H,31,32);2*(H,2,3,4,5);2*1H2;;/q;;;;;;2*+2/p-4. The van der Waals surface area contributed by atoms with Gasteiger partial charge in [0.25, 0.3) is 0 Å². The van der Waals surface area contributed by atoms with E-state index in [0.29, 0.717) is 76.8 Å². The van der Waals surface area contributed by atoms with Crippen LogP contribution in [0.15, 0.2) is 158 Å². The van der Waals surface area contributed by atoms with Crippen molar-refractivity contribution in [2.45, 2.75) is 65.0 Å². The molecule has 80 heavy (non-hydrogen) atoms. The third kappa shape index (κ3) is 29.8. The molecule has 0 bridgehead atoms. The maximum atomic E-state index is 10.6. The van der Waals surface area contributed by atoms with Crippen LogP contribution in [0.3, 0.4) is 0 Å². The predicted molar refractivity (Wildman–Crippen MR) is 253 cm³/mol. The van der Waals surface area contributed by atoms with Gasteiger partial charge < -0.3 is 40.2 Å². The normalized spacial score (nSPS) is 10.6. The summed E-state index contributed by atoms with van der Waals surface area (Å²) in [5.74, 6) is -0.849. The number of para-hydroxylation sites is 2. The van der Waals surface area contributed by atoms with Crippen LogP contribution in [0.2, 0.25) is 0 Å². The van der Waals surface area contributed by atoms with Gasteiger partial charge in [0, 0.05) is 86.8 Å². The fourth-order valence-corrected chi connectivity index (χ4v) is 7.20. The van der Waals surface area contributed by atoms with E-state index in [2.05, 4.69) is 29.7 Å². The zero-order chi connectivity index (χ0) is 54.8. The zero-order valence-corrected chi connectivity index (χ0v) is 50.4. The topological polar surface area (TPSA) is 430 Å². The van der Waals surface area contributed by atoms with E-state index in [4.69, 9.17) is 56.7 Å². The molecule has 0 radical (unpaired) electrons. The van der Waals surface area contributed by atoms with Crippen molar-refractivity contribution >= 4 is 33.7 Å². The van der Waals surface area contributed by atoms with Crippen LogP contribution in [-0.4, -0.2) is 75.8 Å². The SMILES string of the molecule is O.O.O=C([O-])CCCOc1cccc2ccc(CN(Cc3ccccn3)Cc3ccccn3)nc12.O=C([O-])CCCOc1cccc2ccc(CN(Cc3ccccn3)Cc3ccccn3)nc12.[O-][Cl+3]([O-])([O-])[O-].[O-][Cl+3]([O-])([O-])[O-].[Zn+2].[Zn+2].